The average Bonchev–Trinajstić information content (AvgIpc) is 2.63. The third-order valence-electron chi connectivity index (χ3n) is 3.60. The van der Waals surface area contributed by atoms with E-state index in [-0.39, 0.29) is 5.56 Å². The lowest BCUT2D eigenvalue weighted by Crippen LogP contribution is -1.99. The fraction of sp³-hybridized carbons (Fsp3) is 0.0556. The van der Waals surface area contributed by atoms with E-state index in [9.17, 15) is 4.79 Å². The molecule has 0 saturated carbocycles. The Morgan fingerprint density at radius 3 is 2.77 bits per heavy atom. The van der Waals surface area contributed by atoms with Gasteiger partial charge in [-0.25, -0.2) is 9.78 Å². The van der Waals surface area contributed by atoms with Gasteiger partial charge in [0.05, 0.1) is 35.1 Å². The van der Waals surface area contributed by atoms with Crippen molar-refractivity contribution >= 4 is 52.0 Å². The maximum Gasteiger partial charge on any atom is 0.335 e. The number of carboxylic acids is 1. The zero-order chi connectivity index (χ0) is 18.7. The van der Waals surface area contributed by atoms with E-state index in [2.05, 4.69) is 15.5 Å². The summed E-state index contributed by atoms with van der Waals surface area (Å²) in [6, 6.07) is 11.6. The Balaban J connectivity index is 1.87. The quantitative estimate of drug-likeness (QED) is 0.375. The maximum absolute atomic E-state index is 11.0. The van der Waals surface area contributed by atoms with E-state index >= 15 is 0 Å². The van der Waals surface area contributed by atoms with Gasteiger partial charge in [0, 0.05) is 10.9 Å². The molecule has 0 aliphatic carbocycles. The first-order valence-corrected chi connectivity index (χ1v) is 8.20. The molecule has 3 aromatic rings. The van der Waals surface area contributed by atoms with Crippen molar-refractivity contribution in [2.75, 3.05) is 12.5 Å². The molecule has 2 N–H and O–H groups in total. The number of aromatic carboxylic acids is 1. The Hall–Kier alpha value is -2.83. The predicted octanol–water partition coefficient (Wildman–Crippen LogP) is 4.69. The molecule has 0 saturated heterocycles. The fourth-order valence-electron chi connectivity index (χ4n) is 2.28. The summed E-state index contributed by atoms with van der Waals surface area (Å²) in [6.45, 7) is 0. The number of anilines is 1. The van der Waals surface area contributed by atoms with Crippen LogP contribution in [0.4, 0.5) is 5.69 Å². The van der Waals surface area contributed by atoms with Gasteiger partial charge >= 0.3 is 5.97 Å². The van der Waals surface area contributed by atoms with Gasteiger partial charge in [0.25, 0.3) is 0 Å². The largest absolute Gasteiger partial charge is 0.497 e. The van der Waals surface area contributed by atoms with E-state index in [1.54, 1.807) is 13.2 Å². The number of carbonyl (C=O) groups is 1. The number of halogens is 2. The number of carboxylic acid groups (broad SMARTS) is 1. The minimum atomic E-state index is -1.05. The summed E-state index contributed by atoms with van der Waals surface area (Å²) in [5, 5.41) is 14.6. The van der Waals surface area contributed by atoms with Gasteiger partial charge in [-0.15, -0.1) is 0 Å². The van der Waals surface area contributed by atoms with E-state index < -0.39 is 5.97 Å². The second-order valence-electron chi connectivity index (χ2n) is 5.30. The molecule has 0 aliphatic heterocycles. The second kappa shape index (κ2) is 7.59. The molecular formula is C18H13Cl2N3O3. The number of rotatable bonds is 5. The number of pyridine rings is 1. The van der Waals surface area contributed by atoms with Crippen LogP contribution in [0.1, 0.15) is 15.9 Å². The second-order valence-corrected chi connectivity index (χ2v) is 6.06. The summed E-state index contributed by atoms with van der Waals surface area (Å²) in [5.41, 5.74) is 4.51. The number of hydrazone groups is 1. The summed E-state index contributed by atoms with van der Waals surface area (Å²) in [6.07, 6.45) is 1.48. The van der Waals surface area contributed by atoms with Gasteiger partial charge in [0.1, 0.15) is 10.9 Å². The lowest BCUT2D eigenvalue weighted by atomic mass is 10.1. The van der Waals surface area contributed by atoms with Crippen LogP contribution in [0.2, 0.25) is 10.2 Å². The number of hydrogen-bond acceptors (Lipinski definition) is 5. The highest BCUT2D eigenvalue weighted by Gasteiger charge is 2.07. The molecule has 26 heavy (non-hydrogen) atoms. The number of nitrogens with one attached hydrogen (secondary N) is 1. The average molecular weight is 390 g/mol. The van der Waals surface area contributed by atoms with Gasteiger partial charge in [0.15, 0.2) is 0 Å². The van der Waals surface area contributed by atoms with Crippen molar-refractivity contribution in [2.45, 2.75) is 0 Å². The van der Waals surface area contributed by atoms with Crippen LogP contribution in [0, 0.1) is 0 Å². The smallest absolute Gasteiger partial charge is 0.335 e. The molecule has 1 aromatic heterocycles. The van der Waals surface area contributed by atoms with Gasteiger partial charge in [-0.3, -0.25) is 5.43 Å². The number of ether oxygens (including phenoxy) is 1. The molecule has 1 heterocycles. The minimum absolute atomic E-state index is 0.101. The first-order valence-electron chi connectivity index (χ1n) is 7.44. The van der Waals surface area contributed by atoms with Gasteiger partial charge in [-0.2, -0.15) is 5.10 Å². The highest BCUT2D eigenvalue weighted by Crippen LogP contribution is 2.25. The zero-order valence-corrected chi connectivity index (χ0v) is 15.0. The molecule has 0 amide bonds. The summed E-state index contributed by atoms with van der Waals surface area (Å²) in [7, 11) is 1.59. The molecule has 0 fully saturated rings. The summed E-state index contributed by atoms with van der Waals surface area (Å²) in [4.78, 5) is 15.4. The number of methoxy groups -OCH3 is 1. The van der Waals surface area contributed by atoms with Crippen molar-refractivity contribution in [3.05, 3.63) is 63.8 Å². The molecule has 0 bridgehead atoms. The molecule has 0 radical (unpaired) electrons. The van der Waals surface area contributed by atoms with Crippen LogP contribution in [0.3, 0.4) is 0 Å². The van der Waals surface area contributed by atoms with Crippen LogP contribution in [0.5, 0.6) is 5.75 Å². The van der Waals surface area contributed by atoms with Gasteiger partial charge in [-0.05, 0) is 42.5 Å². The predicted molar refractivity (Wildman–Crippen MR) is 103 cm³/mol. The molecule has 132 valence electrons. The SMILES string of the molecule is COc1ccc2nc(Cl)c(/C=N\Nc3cc(C(=O)O)ccc3Cl)cc2c1. The number of fused-ring (bicyclic) bond motifs is 1. The fourth-order valence-corrected chi connectivity index (χ4v) is 2.63. The van der Waals surface area contributed by atoms with E-state index in [4.69, 9.17) is 33.0 Å². The Morgan fingerprint density at radius 1 is 1.23 bits per heavy atom. The van der Waals surface area contributed by atoms with Crippen LogP contribution < -0.4 is 10.2 Å². The first-order chi connectivity index (χ1) is 12.5. The normalized spacial score (nSPS) is 11.0. The summed E-state index contributed by atoms with van der Waals surface area (Å²) < 4.78 is 5.21. The van der Waals surface area contributed by atoms with Crippen molar-refractivity contribution in [1.29, 1.82) is 0 Å². The van der Waals surface area contributed by atoms with Crippen LogP contribution in [-0.2, 0) is 0 Å². The van der Waals surface area contributed by atoms with Gasteiger partial charge in [-0.1, -0.05) is 23.2 Å². The summed E-state index contributed by atoms with van der Waals surface area (Å²) in [5.74, 6) is -0.343. The molecular weight excluding hydrogens is 377 g/mol. The Morgan fingerprint density at radius 2 is 2.04 bits per heavy atom. The lowest BCUT2D eigenvalue weighted by molar-refractivity contribution is 0.0697. The van der Waals surface area contributed by atoms with Gasteiger partial charge < -0.3 is 9.84 Å². The van der Waals surface area contributed by atoms with Crippen molar-refractivity contribution < 1.29 is 14.6 Å². The maximum atomic E-state index is 11.0. The van der Waals surface area contributed by atoms with Crippen molar-refractivity contribution in [2.24, 2.45) is 5.10 Å². The van der Waals surface area contributed by atoms with Crippen LogP contribution in [0.15, 0.2) is 47.6 Å². The van der Waals surface area contributed by atoms with E-state index in [0.29, 0.717) is 27.2 Å². The lowest BCUT2D eigenvalue weighted by Gasteiger charge is -2.06. The third kappa shape index (κ3) is 3.87. The monoisotopic (exact) mass is 389 g/mol. The van der Waals surface area contributed by atoms with Crippen LogP contribution in [0.25, 0.3) is 10.9 Å². The molecule has 3 rings (SSSR count). The molecule has 2 aromatic carbocycles. The number of aromatic nitrogens is 1. The highest BCUT2D eigenvalue weighted by atomic mass is 35.5. The Kier molecular flexibility index (Phi) is 5.25. The molecule has 0 aliphatic rings. The standard InChI is InChI=1S/C18H13Cl2N3O3/c1-26-13-3-5-15-11(7-13)6-12(17(20)22-15)9-21-23-16-8-10(18(24)25)2-4-14(16)19/h2-9,23H,1H3,(H,24,25)/b21-9-. The van der Waals surface area contributed by atoms with Crippen LogP contribution >= 0.6 is 23.2 Å². The number of nitrogens with zero attached hydrogens (tertiary/aromatic N) is 2. The van der Waals surface area contributed by atoms with E-state index in [1.165, 1.54) is 24.4 Å². The zero-order valence-electron chi connectivity index (χ0n) is 13.5. The summed E-state index contributed by atoms with van der Waals surface area (Å²) >= 11 is 12.2. The van der Waals surface area contributed by atoms with Crippen molar-refractivity contribution in [1.82, 2.24) is 4.98 Å². The molecule has 0 atom stereocenters. The topological polar surface area (TPSA) is 83.8 Å². The third-order valence-corrected chi connectivity index (χ3v) is 4.24. The number of hydrogen-bond donors (Lipinski definition) is 2. The van der Waals surface area contributed by atoms with E-state index in [1.807, 2.05) is 18.2 Å². The van der Waals surface area contributed by atoms with E-state index in [0.717, 1.165) is 10.9 Å². The Labute approximate surface area is 159 Å². The van der Waals surface area contributed by atoms with Gasteiger partial charge in [0.2, 0.25) is 0 Å². The first kappa shape index (κ1) is 18.0. The minimum Gasteiger partial charge on any atom is -0.497 e. The number of benzene rings is 2. The molecule has 8 heteroatoms. The molecule has 0 spiro atoms. The van der Waals surface area contributed by atoms with Crippen LogP contribution in [-0.4, -0.2) is 29.4 Å². The Bertz CT molecular complexity index is 1020. The molecule has 6 nitrogen and oxygen atoms in total. The molecule has 0 unspecified atom stereocenters. The highest BCUT2D eigenvalue weighted by molar-refractivity contribution is 6.33. The van der Waals surface area contributed by atoms with Crippen molar-refractivity contribution in [3.8, 4) is 5.75 Å². The van der Waals surface area contributed by atoms with Crippen molar-refractivity contribution in [3.63, 3.8) is 0 Å².